The lowest BCUT2D eigenvalue weighted by molar-refractivity contribution is 0.102. The van der Waals surface area contributed by atoms with Gasteiger partial charge >= 0.3 is 0 Å². The van der Waals surface area contributed by atoms with Crippen molar-refractivity contribution in [2.45, 2.75) is 31.7 Å². The number of nitrogens with one attached hydrogen (secondary N) is 1. The maximum atomic E-state index is 13.6. The van der Waals surface area contributed by atoms with Crippen LogP contribution in [0.3, 0.4) is 0 Å². The molecule has 0 aliphatic carbocycles. The summed E-state index contributed by atoms with van der Waals surface area (Å²) in [6.07, 6.45) is 0.694. The van der Waals surface area contributed by atoms with Crippen LogP contribution in [0.25, 0.3) is 0 Å². The largest absolute Gasteiger partial charge is 0.322 e. The van der Waals surface area contributed by atoms with Gasteiger partial charge in [0.05, 0.1) is 23.6 Å². The summed E-state index contributed by atoms with van der Waals surface area (Å²) >= 11 is 0. The second-order valence-electron chi connectivity index (χ2n) is 8.63. The normalized spacial score (nSPS) is 13.0. The summed E-state index contributed by atoms with van der Waals surface area (Å²) in [5.74, 6) is -0.206. The van der Waals surface area contributed by atoms with E-state index in [4.69, 9.17) is 0 Å². The van der Waals surface area contributed by atoms with Gasteiger partial charge in [-0.1, -0.05) is 48.5 Å². The van der Waals surface area contributed by atoms with Gasteiger partial charge in [-0.3, -0.25) is 13.8 Å². The van der Waals surface area contributed by atoms with Gasteiger partial charge in [-0.15, -0.1) is 0 Å². The van der Waals surface area contributed by atoms with Crippen LogP contribution < -0.4 is 9.62 Å². The van der Waals surface area contributed by atoms with Crippen molar-refractivity contribution in [2.24, 2.45) is 0 Å². The second-order valence-corrected chi connectivity index (χ2v) is 10.4. The molecule has 7 nitrogen and oxygen atoms in total. The van der Waals surface area contributed by atoms with Crippen molar-refractivity contribution >= 4 is 27.3 Å². The highest BCUT2D eigenvalue weighted by Gasteiger charge is 2.34. The fraction of sp³-hybridized carbons (Fsp3) is 0.185. The summed E-state index contributed by atoms with van der Waals surface area (Å²) in [6.45, 7) is 4.28. The van der Waals surface area contributed by atoms with E-state index in [0.29, 0.717) is 36.5 Å². The van der Waals surface area contributed by atoms with E-state index in [0.717, 1.165) is 22.5 Å². The van der Waals surface area contributed by atoms with E-state index in [1.807, 2.05) is 66.7 Å². The number of hydrogen-bond donors (Lipinski definition) is 1. The fourth-order valence-corrected chi connectivity index (χ4v) is 6.47. The molecule has 0 saturated carbocycles. The highest BCUT2D eigenvalue weighted by Crippen LogP contribution is 2.34. The molecule has 0 saturated heterocycles. The average Bonchev–Trinajstić information content (AvgIpc) is 3.41. The zero-order valence-corrected chi connectivity index (χ0v) is 20.4. The number of benzene rings is 3. The van der Waals surface area contributed by atoms with Crippen LogP contribution in [-0.2, 0) is 23.0 Å². The van der Waals surface area contributed by atoms with Gasteiger partial charge in [0.25, 0.3) is 15.9 Å². The summed E-state index contributed by atoms with van der Waals surface area (Å²) in [5, 5.41) is 7.44. The minimum absolute atomic E-state index is 0.206. The molecular weight excluding hydrogens is 460 g/mol. The SMILES string of the molecule is Cc1nn(Cc2cccc(C(=O)Nc3ccccc3)c2)c(C)c1S(=O)(=O)N1CCc2ccccc21. The van der Waals surface area contributed by atoms with Gasteiger partial charge in [0.1, 0.15) is 4.90 Å². The Hall–Kier alpha value is -3.91. The first kappa shape index (κ1) is 22.9. The Kier molecular flexibility index (Phi) is 5.90. The number of carbonyl (C=O) groups excluding carboxylic acids is 1. The van der Waals surface area contributed by atoms with Gasteiger partial charge in [0, 0.05) is 17.8 Å². The third-order valence-corrected chi connectivity index (χ3v) is 8.33. The molecule has 5 rings (SSSR count). The maximum absolute atomic E-state index is 13.6. The lowest BCUT2D eigenvalue weighted by atomic mass is 10.1. The van der Waals surface area contributed by atoms with Crippen LogP contribution in [0, 0.1) is 13.8 Å². The van der Waals surface area contributed by atoms with E-state index in [1.54, 1.807) is 30.7 Å². The molecule has 1 amide bonds. The van der Waals surface area contributed by atoms with Gasteiger partial charge < -0.3 is 5.32 Å². The predicted octanol–water partition coefficient (Wildman–Crippen LogP) is 4.55. The number of aromatic nitrogens is 2. The van der Waals surface area contributed by atoms with Crippen LogP contribution in [-0.4, -0.2) is 30.7 Å². The highest BCUT2D eigenvalue weighted by molar-refractivity contribution is 7.93. The number of aryl methyl sites for hydroxylation is 1. The van der Waals surface area contributed by atoms with Crippen LogP contribution >= 0.6 is 0 Å². The van der Waals surface area contributed by atoms with Crippen LogP contribution in [0.5, 0.6) is 0 Å². The summed E-state index contributed by atoms with van der Waals surface area (Å²) in [4.78, 5) is 12.9. The Morgan fingerprint density at radius 3 is 2.51 bits per heavy atom. The number of sulfonamides is 1. The van der Waals surface area contributed by atoms with Crippen molar-refractivity contribution in [3.63, 3.8) is 0 Å². The van der Waals surface area contributed by atoms with Crippen LogP contribution in [0.2, 0.25) is 0 Å². The fourth-order valence-electron chi connectivity index (χ4n) is 4.58. The molecule has 3 aromatic carbocycles. The Morgan fingerprint density at radius 1 is 0.971 bits per heavy atom. The topological polar surface area (TPSA) is 84.3 Å². The number of fused-ring (bicyclic) bond motifs is 1. The molecule has 0 bridgehead atoms. The molecule has 0 radical (unpaired) electrons. The van der Waals surface area contributed by atoms with E-state index in [-0.39, 0.29) is 10.8 Å². The number of anilines is 2. The summed E-state index contributed by atoms with van der Waals surface area (Å²) < 4.78 is 30.5. The van der Waals surface area contributed by atoms with Crippen LogP contribution in [0.1, 0.15) is 32.9 Å². The van der Waals surface area contributed by atoms with E-state index in [2.05, 4.69) is 10.4 Å². The van der Waals surface area contributed by atoms with Crippen molar-refractivity contribution in [3.05, 3.63) is 107 Å². The Balaban J connectivity index is 1.40. The van der Waals surface area contributed by atoms with E-state index in [9.17, 15) is 13.2 Å². The van der Waals surface area contributed by atoms with E-state index >= 15 is 0 Å². The summed E-state index contributed by atoms with van der Waals surface area (Å²) in [6, 6.07) is 24.2. The lowest BCUT2D eigenvalue weighted by Gasteiger charge is -2.19. The lowest BCUT2D eigenvalue weighted by Crippen LogP contribution is -2.30. The zero-order valence-electron chi connectivity index (χ0n) is 19.6. The first-order valence-electron chi connectivity index (χ1n) is 11.4. The number of nitrogens with zero attached hydrogens (tertiary/aromatic N) is 3. The molecule has 8 heteroatoms. The number of rotatable bonds is 6. The molecule has 0 atom stereocenters. The predicted molar refractivity (Wildman–Crippen MR) is 136 cm³/mol. The summed E-state index contributed by atoms with van der Waals surface area (Å²) in [7, 11) is -3.76. The van der Waals surface area contributed by atoms with Gasteiger partial charge in [-0.25, -0.2) is 8.42 Å². The van der Waals surface area contributed by atoms with Gasteiger partial charge in [0.15, 0.2) is 0 Å². The molecule has 4 aromatic rings. The van der Waals surface area contributed by atoms with Crippen LogP contribution in [0.4, 0.5) is 11.4 Å². The quantitative estimate of drug-likeness (QED) is 0.433. The standard InChI is InChI=1S/C27H26N4O3S/c1-19-26(35(33,34)31-16-15-22-10-6-7-14-25(22)31)20(2)30(29-19)18-21-9-8-11-23(17-21)27(32)28-24-12-4-3-5-13-24/h3-14,17H,15-16,18H2,1-2H3,(H,28,32). The third-order valence-electron chi connectivity index (χ3n) is 6.26. The molecule has 1 aliphatic heterocycles. The smallest absolute Gasteiger partial charge is 0.268 e. The molecule has 1 aromatic heterocycles. The zero-order chi connectivity index (χ0) is 24.6. The number of amides is 1. The Bertz CT molecular complexity index is 1510. The molecule has 178 valence electrons. The molecular formula is C27H26N4O3S. The highest BCUT2D eigenvalue weighted by atomic mass is 32.2. The molecule has 1 N–H and O–H groups in total. The van der Waals surface area contributed by atoms with E-state index in [1.165, 1.54) is 4.31 Å². The minimum atomic E-state index is -3.76. The molecule has 35 heavy (non-hydrogen) atoms. The first-order valence-corrected chi connectivity index (χ1v) is 12.9. The minimum Gasteiger partial charge on any atom is -0.322 e. The molecule has 2 heterocycles. The Labute approximate surface area is 205 Å². The maximum Gasteiger partial charge on any atom is 0.268 e. The summed E-state index contributed by atoms with van der Waals surface area (Å²) in [5.41, 5.74) is 4.90. The van der Waals surface area contributed by atoms with Crippen molar-refractivity contribution in [1.82, 2.24) is 9.78 Å². The number of carbonyl (C=O) groups is 1. The molecule has 1 aliphatic rings. The van der Waals surface area contributed by atoms with Gasteiger partial charge in [0.2, 0.25) is 0 Å². The second kappa shape index (κ2) is 9.03. The average molecular weight is 487 g/mol. The Morgan fingerprint density at radius 2 is 1.71 bits per heavy atom. The molecule has 0 spiro atoms. The first-order chi connectivity index (χ1) is 16.8. The van der Waals surface area contributed by atoms with Gasteiger partial charge in [-0.2, -0.15) is 5.10 Å². The van der Waals surface area contributed by atoms with Crippen molar-refractivity contribution in [3.8, 4) is 0 Å². The number of hydrogen-bond acceptors (Lipinski definition) is 4. The molecule has 0 unspecified atom stereocenters. The van der Waals surface area contributed by atoms with Crippen molar-refractivity contribution < 1.29 is 13.2 Å². The van der Waals surface area contributed by atoms with Crippen LogP contribution in [0.15, 0.2) is 83.8 Å². The third kappa shape index (κ3) is 4.33. The van der Waals surface area contributed by atoms with Gasteiger partial charge in [-0.05, 0) is 61.7 Å². The molecule has 0 fully saturated rings. The number of para-hydroxylation sites is 2. The van der Waals surface area contributed by atoms with Crippen molar-refractivity contribution in [1.29, 1.82) is 0 Å². The van der Waals surface area contributed by atoms with E-state index < -0.39 is 10.0 Å². The monoisotopic (exact) mass is 486 g/mol. The van der Waals surface area contributed by atoms with Crippen molar-refractivity contribution in [2.75, 3.05) is 16.2 Å².